The zero-order valence-electron chi connectivity index (χ0n) is 11.7. The Labute approximate surface area is 131 Å². The van der Waals surface area contributed by atoms with E-state index in [1.165, 1.54) is 6.08 Å². The topological polar surface area (TPSA) is 69.2 Å². The van der Waals surface area contributed by atoms with Gasteiger partial charge in [-0.25, -0.2) is 0 Å². The minimum atomic E-state index is -1.31. The molecular formula is C13H20NNaO3. The van der Waals surface area contributed by atoms with Gasteiger partial charge in [-0.1, -0.05) is 33.3 Å². The van der Waals surface area contributed by atoms with Gasteiger partial charge in [0.15, 0.2) is 0 Å². The molecule has 4 nitrogen and oxygen atoms in total. The molecule has 0 aromatic rings. The minimum Gasteiger partial charge on any atom is -0.543 e. The van der Waals surface area contributed by atoms with Crippen LogP contribution in [0.2, 0.25) is 0 Å². The number of amides is 1. The number of carboxylic acid groups (broad SMARTS) is 1. The Morgan fingerprint density at radius 2 is 2.00 bits per heavy atom. The molecule has 0 saturated heterocycles. The molecule has 1 N–H and O–H groups in total. The molecule has 0 spiro atoms. The van der Waals surface area contributed by atoms with Crippen LogP contribution in [0.15, 0.2) is 11.8 Å². The Kier molecular flexibility index (Phi) is 7.18. The van der Waals surface area contributed by atoms with Crippen LogP contribution >= 0.6 is 0 Å². The maximum absolute atomic E-state index is 11.7. The van der Waals surface area contributed by atoms with Crippen molar-refractivity contribution in [3.63, 3.8) is 0 Å². The molecule has 0 bridgehead atoms. The molecule has 1 saturated carbocycles. The Bertz CT molecular complexity index is 350. The first-order chi connectivity index (χ1) is 7.88. The van der Waals surface area contributed by atoms with Gasteiger partial charge in [-0.15, -0.1) is 0 Å². The minimum absolute atomic E-state index is 0. The summed E-state index contributed by atoms with van der Waals surface area (Å²) >= 11 is 0. The van der Waals surface area contributed by atoms with Crippen molar-refractivity contribution in [2.75, 3.05) is 0 Å². The van der Waals surface area contributed by atoms with Crippen LogP contribution in [-0.4, -0.2) is 11.9 Å². The van der Waals surface area contributed by atoms with Crippen molar-refractivity contribution in [3.8, 4) is 0 Å². The average molecular weight is 261 g/mol. The molecule has 0 radical (unpaired) electrons. The summed E-state index contributed by atoms with van der Waals surface area (Å²) < 4.78 is 0. The first-order valence-electron chi connectivity index (χ1n) is 6.11. The van der Waals surface area contributed by atoms with Crippen LogP contribution in [-0.2, 0) is 9.59 Å². The van der Waals surface area contributed by atoms with Crippen molar-refractivity contribution in [1.29, 1.82) is 0 Å². The second-order valence-electron chi connectivity index (χ2n) is 5.28. The predicted octanol–water partition coefficient (Wildman–Crippen LogP) is -2.02. The summed E-state index contributed by atoms with van der Waals surface area (Å²) in [7, 11) is 0. The number of rotatable bonds is 6. The summed E-state index contributed by atoms with van der Waals surface area (Å²) in [6.07, 6.45) is 4.89. The normalized spacial score (nSPS) is 20.8. The van der Waals surface area contributed by atoms with Crippen LogP contribution in [0.3, 0.4) is 0 Å². The molecule has 1 aliphatic rings. The fourth-order valence-corrected chi connectivity index (χ4v) is 1.77. The van der Waals surface area contributed by atoms with Crippen molar-refractivity contribution in [2.24, 2.45) is 11.3 Å². The van der Waals surface area contributed by atoms with Gasteiger partial charge in [0.05, 0.1) is 11.7 Å². The number of hydrogen-bond acceptors (Lipinski definition) is 3. The Morgan fingerprint density at radius 3 is 2.39 bits per heavy atom. The molecule has 0 aromatic carbocycles. The van der Waals surface area contributed by atoms with Gasteiger partial charge in [0.1, 0.15) is 0 Å². The first-order valence-corrected chi connectivity index (χ1v) is 6.11. The van der Waals surface area contributed by atoms with Crippen molar-refractivity contribution in [1.82, 2.24) is 5.32 Å². The van der Waals surface area contributed by atoms with Crippen molar-refractivity contribution >= 4 is 11.9 Å². The zero-order valence-corrected chi connectivity index (χ0v) is 13.7. The number of unbranched alkanes of at least 4 members (excludes halogenated alkanes) is 2. The standard InChI is InChI=1S/C13H21NO3.Na/c1-4-5-6-7-10(12(16)17)14-11(15)9-8-13(9,2)3;/h7,9H,4-6,8H2,1-3H3,(H,14,15)(H,16,17);/q;+1/p-1/t9-;/m1./s1. The fourth-order valence-electron chi connectivity index (χ4n) is 1.77. The molecule has 1 atom stereocenters. The van der Waals surface area contributed by atoms with E-state index in [-0.39, 0.29) is 52.5 Å². The van der Waals surface area contributed by atoms with Crippen LogP contribution in [0.25, 0.3) is 0 Å². The van der Waals surface area contributed by atoms with Crippen LogP contribution in [0, 0.1) is 11.3 Å². The van der Waals surface area contributed by atoms with E-state index < -0.39 is 5.97 Å². The van der Waals surface area contributed by atoms with Crippen molar-refractivity contribution in [3.05, 3.63) is 11.8 Å². The number of carbonyl (C=O) groups is 2. The van der Waals surface area contributed by atoms with Gasteiger partial charge in [0.25, 0.3) is 0 Å². The van der Waals surface area contributed by atoms with Crippen LogP contribution in [0.5, 0.6) is 0 Å². The molecule has 5 heteroatoms. The summed E-state index contributed by atoms with van der Waals surface area (Å²) in [6, 6.07) is 0. The van der Waals surface area contributed by atoms with E-state index in [1.807, 2.05) is 20.8 Å². The molecule has 18 heavy (non-hydrogen) atoms. The summed E-state index contributed by atoms with van der Waals surface area (Å²) in [6.45, 7) is 6.02. The number of nitrogens with one attached hydrogen (secondary N) is 1. The van der Waals surface area contributed by atoms with E-state index in [0.29, 0.717) is 6.42 Å². The third-order valence-corrected chi connectivity index (χ3v) is 3.21. The third kappa shape index (κ3) is 5.12. The van der Waals surface area contributed by atoms with Crippen LogP contribution in [0.1, 0.15) is 46.5 Å². The first kappa shape index (κ1) is 17.7. The molecule has 0 heterocycles. The number of allylic oxidation sites excluding steroid dienone is 1. The van der Waals surface area contributed by atoms with Gasteiger partial charge in [-0.2, -0.15) is 0 Å². The van der Waals surface area contributed by atoms with E-state index in [2.05, 4.69) is 5.32 Å². The Balaban J connectivity index is 0.00000289. The van der Waals surface area contributed by atoms with E-state index >= 15 is 0 Å². The molecule has 0 aromatic heterocycles. The monoisotopic (exact) mass is 261 g/mol. The van der Waals surface area contributed by atoms with E-state index in [9.17, 15) is 14.7 Å². The number of carbonyl (C=O) groups excluding carboxylic acids is 2. The molecular weight excluding hydrogens is 241 g/mol. The van der Waals surface area contributed by atoms with Gasteiger partial charge in [-0.3, -0.25) is 4.79 Å². The predicted molar refractivity (Wildman–Crippen MR) is 62.6 cm³/mol. The zero-order chi connectivity index (χ0) is 13.1. The van der Waals surface area contributed by atoms with E-state index in [1.54, 1.807) is 0 Å². The van der Waals surface area contributed by atoms with E-state index in [0.717, 1.165) is 19.3 Å². The third-order valence-electron chi connectivity index (χ3n) is 3.21. The van der Waals surface area contributed by atoms with Gasteiger partial charge in [0, 0.05) is 5.92 Å². The van der Waals surface area contributed by atoms with Gasteiger partial charge < -0.3 is 15.2 Å². The second kappa shape index (κ2) is 7.31. The molecule has 1 aliphatic carbocycles. The molecule has 1 fully saturated rings. The number of hydrogen-bond donors (Lipinski definition) is 1. The molecule has 96 valence electrons. The van der Waals surface area contributed by atoms with Gasteiger partial charge in [0.2, 0.25) is 5.91 Å². The van der Waals surface area contributed by atoms with Crippen molar-refractivity contribution in [2.45, 2.75) is 46.5 Å². The SMILES string of the molecule is CCCCC=C(NC(=O)[C@H]1CC1(C)C)C(=O)[O-].[Na+]. The molecule has 1 amide bonds. The second-order valence-corrected chi connectivity index (χ2v) is 5.28. The largest absolute Gasteiger partial charge is 1.00 e. The summed E-state index contributed by atoms with van der Waals surface area (Å²) in [5.41, 5.74) is -0.0870. The van der Waals surface area contributed by atoms with Crippen LogP contribution < -0.4 is 40.0 Å². The average Bonchev–Trinajstić information content (AvgIpc) is 2.86. The Hall–Kier alpha value is -0.320. The Morgan fingerprint density at radius 1 is 1.44 bits per heavy atom. The summed E-state index contributed by atoms with van der Waals surface area (Å²) in [5.74, 6) is -1.59. The maximum Gasteiger partial charge on any atom is 1.00 e. The molecule has 1 rings (SSSR count). The number of carboxylic acids is 1. The smallest absolute Gasteiger partial charge is 0.543 e. The fraction of sp³-hybridized carbons (Fsp3) is 0.692. The van der Waals surface area contributed by atoms with E-state index in [4.69, 9.17) is 0 Å². The van der Waals surface area contributed by atoms with Gasteiger partial charge >= 0.3 is 29.6 Å². The maximum atomic E-state index is 11.7. The summed E-state index contributed by atoms with van der Waals surface area (Å²) in [5, 5.41) is 13.3. The molecule has 0 aliphatic heterocycles. The quantitative estimate of drug-likeness (QED) is 0.341. The summed E-state index contributed by atoms with van der Waals surface area (Å²) in [4.78, 5) is 22.6. The number of aliphatic carboxylic acids is 1. The van der Waals surface area contributed by atoms with Crippen molar-refractivity contribution < 1.29 is 44.3 Å². The van der Waals surface area contributed by atoms with Gasteiger partial charge in [-0.05, 0) is 24.7 Å². The molecule has 0 unspecified atom stereocenters. The van der Waals surface area contributed by atoms with Crippen LogP contribution in [0.4, 0.5) is 0 Å².